The molecule has 1 aliphatic carbocycles. The Kier molecular flexibility index (Phi) is 4.47. The largest absolute Gasteiger partial charge is 0.512 e. The molecule has 0 spiro atoms. The third kappa shape index (κ3) is 3.50. The molecule has 19 heavy (non-hydrogen) atoms. The molecule has 1 aromatic heterocycles. The van der Waals surface area contributed by atoms with Crippen molar-refractivity contribution < 1.29 is 9.90 Å². The number of aromatic nitrogens is 1. The van der Waals surface area contributed by atoms with Crippen molar-refractivity contribution in [3.63, 3.8) is 0 Å². The van der Waals surface area contributed by atoms with Gasteiger partial charge in [0.05, 0.1) is 11.3 Å². The molecule has 0 bridgehead atoms. The van der Waals surface area contributed by atoms with E-state index in [9.17, 15) is 9.90 Å². The number of hydrogen-bond donors (Lipinski definition) is 1. The molecule has 4 nitrogen and oxygen atoms in total. The van der Waals surface area contributed by atoms with Crippen LogP contribution in [0.2, 0.25) is 0 Å². The summed E-state index contributed by atoms with van der Waals surface area (Å²) in [6, 6.07) is 0. The average Bonchev–Trinajstić information content (AvgIpc) is 2.58. The summed E-state index contributed by atoms with van der Waals surface area (Å²) in [5, 5.41) is 10.1. The molecule has 0 atom stereocenters. The first kappa shape index (κ1) is 13.9. The molecular formula is C14H18N2O2S. The molecule has 102 valence electrons. The minimum Gasteiger partial charge on any atom is -0.512 e. The molecule has 5 heteroatoms. The van der Waals surface area contributed by atoms with E-state index in [4.69, 9.17) is 0 Å². The van der Waals surface area contributed by atoms with Crippen molar-refractivity contribution in [3.05, 3.63) is 21.9 Å². The van der Waals surface area contributed by atoms with Crippen LogP contribution in [-0.2, 0) is 17.6 Å². The van der Waals surface area contributed by atoms with Gasteiger partial charge >= 0.3 is 0 Å². The summed E-state index contributed by atoms with van der Waals surface area (Å²) in [7, 11) is 0. The van der Waals surface area contributed by atoms with E-state index in [1.165, 1.54) is 44.2 Å². The normalized spacial score (nSPS) is 16.9. The number of Topliss-reactive ketones (excluding diaryl/α,β-unsaturated/α-hetero) is 1. The number of fused-ring (bicyclic) bond motifs is 1. The van der Waals surface area contributed by atoms with Gasteiger partial charge in [0.25, 0.3) is 0 Å². The predicted molar refractivity (Wildman–Crippen MR) is 77.5 cm³/mol. The van der Waals surface area contributed by atoms with E-state index in [0.29, 0.717) is 5.13 Å². The second-order valence-corrected chi connectivity index (χ2v) is 5.80. The number of carbonyl (C=O) groups is 1. The monoisotopic (exact) mass is 278 g/mol. The highest BCUT2D eigenvalue weighted by atomic mass is 32.1. The maximum absolute atomic E-state index is 11.3. The summed E-state index contributed by atoms with van der Waals surface area (Å²) in [5.74, 6) is -0.198. The van der Waals surface area contributed by atoms with E-state index >= 15 is 0 Å². The molecular weight excluding hydrogens is 260 g/mol. The molecule has 1 N–H and O–H groups in total. The molecule has 2 rings (SSSR count). The topological polar surface area (TPSA) is 62.5 Å². The van der Waals surface area contributed by atoms with Crippen molar-refractivity contribution in [3.8, 4) is 0 Å². The molecule has 0 fully saturated rings. The molecule has 0 aromatic carbocycles. The van der Waals surface area contributed by atoms with Crippen molar-refractivity contribution in [2.45, 2.75) is 46.0 Å². The number of rotatable bonds is 3. The van der Waals surface area contributed by atoms with Gasteiger partial charge in [0.2, 0.25) is 5.13 Å². The lowest BCUT2D eigenvalue weighted by Crippen LogP contribution is -2.01. The molecule has 0 unspecified atom stereocenters. The molecule has 1 heterocycles. The summed E-state index contributed by atoms with van der Waals surface area (Å²) in [6.07, 6.45) is 7.19. The minimum atomic E-state index is -0.193. The smallest absolute Gasteiger partial charge is 0.209 e. The lowest BCUT2D eigenvalue weighted by molar-refractivity contribution is -0.113. The molecule has 0 aliphatic heterocycles. The fourth-order valence-corrected chi connectivity index (χ4v) is 3.12. The maximum atomic E-state index is 11.3. The number of hydrogen-bond acceptors (Lipinski definition) is 5. The molecule has 0 amide bonds. The second kappa shape index (κ2) is 6.10. The van der Waals surface area contributed by atoms with Gasteiger partial charge in [-0.25, -0.2) is 9.98 Å². The number of ketones is 1. The second-order valence-electron chi connectivity index (χ2n) is 4.74. The van der Waals surface area contributed by atoms with E-state index in [0.717, 1.165) is 18.5 Å². The standard InChI is InChI=1S/C14H18N2O2S/c1-9(17)11(10(2)18)8-15-14-16-12-6-4-3-5-7-13(12)19-14/h8,17H,3-7H2,1-2H3/b11-9+,15-8+. The van der Waals surface area contributed by atoms with E-state index in [1.807, 2.05) is 0 Å². The zero-order chi connectivity index (χ0) is 13.8. The van der Waals surface area contributed by atoms with Gasteiger partial charge in [-0.15, -0.1) is 0 Å². The van der Waals surface area contributed by atoms with Gasteiger partial charge in [0.1, 0.15) is 5.76 Å². The maximum Gasteiger partial charge on any atom is 0.209 e. The fraction of sp³-hybridized carbons (Fsp3) is 0.500. The van der Waals surface area contributed by atoms with E-state index in [2.05, 4.69) is 9.98 Å². The number of aliphatic hydroxyl groups excluding tert-OH is 1. The number of aliphatic imine (C=N–C) groups is 1. The van der Waals surface area contributed by atoms with Crippen molar-refractivity contribution in [1.82, 2.24) is 4.98 Å². The molecule has 1 aliphatic rings. The fourth-order valence-electron chi connectivity index (χ4n) is 2.13. The average molecular weight is 278 g/mol. The Morgan fingerprint density at radius 1 is 1.32 bits per heavy atom. The van der Waals surface area contributed by atoms with Crippen LogP contribution in [0.4, 0.5) is 5.13 Å². The number of nitrogens with zero attached hydrogens (tertiary/aromatic N) is 2. The first-order chi connectivity index (χ1) is 9.08. The summed E-state index contributed by atoms with van der Waals surface area (Å²) < 4.78 is 0. The lowest BCUT2D eigenvalue weighted by atomic mass is 10.2. The summed E-state index contributed by atoms with van der Waals surface area (Å²) >= 11 is 1.59. The summed E-state index contributed by atoms with van der Waals surface area (Å²) in [6.45, 7) is 2.90. The molecule has 1 aromatic rings. The Balaban J connectivity index is 2.20. The molecule has 0 radical (unpaired) electrons. The van der Waals surface area contributed by atoms with Crippen LogP contribution in [0.15, 0.2) is 16.3 Å². The van der Waals surface area contributed by atoms with Crippen LogP contribution in [0.25, 0.3) is 0 Å². The summed E-state index contributed by atoms with van der Waals surface area (Å²) in [4.78, 5) is 21.4. The van der Waals surface area contributed by atoms with Crippen LogP contribution in [0.5, 0.6) is 0 Å². The van der Waals surface area contributed by atoms with E-state index in [-0.39, 0.29) is 17.1 Å². The van der Waals surface area contributed by atoms with E-state index < -0.39 is 0 Å². The number of carbonyl (C=O) groups excluding carboxylic acids is 1. The zero-order valence-electron chi connectivity index (χ0n) is 11.3. The highest BCUT2D eigenvalue weighted by Gasteiger charge is 2.13. The number of thiazole rings is 1. The van der Waals surface area contributed by atoms with Gasteiger partial charge in [-0.2, -0.15) is 0 Å². The van der Waals surface area contributed by atoms with Crippen molar-refractivity contribution in [2.75, 3.05) is 0 Å². The Morgan fingerprint density at radius 2 is 2.05 bits per heavy atom. The van der Waals surface area contributed by atoms with Crippen LogP contribution in [0.1, 0.15) is 43.7 Å². The van der Waals surface area contributed by atoms with Gasteiger partial charge in [0, 0.05) is 11.1 Å². The van der Waals surface area contributed by atoms with Crippen LogP contribution >= 0.6 is 11.3 Å². The molecule has 0 saturated carbocycles. The van der Waals surface area contributed by atoms with Crippen molar-refractivity contribution in [2.24, 2.45) is 4.99 Å². The van der Waals surface area contributed by atoms with Gasteiger partial charge < -0.3 is 5.11 Å². The van der Waals surface area contributed by atoms with Gasteiger partial charge in [-0.3, -0.25) is 4.79 Å². The van der Waals surface area contributed by atoms with Gasteiger partial charge in [-0.1, -0.05) is 17.8 Å². The zero-order valence-corrected chi connectivity index (χ0v) is 12.1. The minimum absolute atomic E-state index is 0.00521. The third-order valence-corrected chi connectivity index (χ3v) is 4.22. The number of aryl methyl sites for hydroxylation is 2. The van der Waals surface area contributed by atoms with Gasteiger partial charge in [-0.05, 0) is 39.5 Å². The van der Waals surface area contributed by atoms with Crippen molar-refractivity contribution >= 4 is 28.5 Å². The Labute approximate surface area is 116 Å². The quantitative estimate of drug-likeness (QED) is 0.398. The Morgan fingerprint density at radius 3 is 2.74 bits per heavy atom. The Hall–Kier alpha value is -1.49. The van der Waals surface area contributed by atoms with Crippen LogP contribution in [0, 0.1) is 0 Å². The number of aliphatic hydroxyl groups is 1. The molecule has 0 saturated heterocycles. The highest BCUT2D eigenvalue weighted by molar-refractivity contribution is 7.15. The summed E-state index contributed by atoms with van der Waals surface area (Å²) in [5.41, 5.74) is 1.40. The van der Waals surface area contributed by atoms with E-state index in [1.54, 1.807) is 11.3 Å². The third-order valence-electron chi connectivity index (χ3n) is 3.16. The SMILES string of the molecule is CC(=O)C(/C=N/c1nc2c(s1)CCCCC2)=C(\C)O. The van der Waals surface area contributed by atoms with Crippen molar-refractivity contribution in [1.29, 1.82) is 0 Å². The van der Waals surface area contributed by atoms with Crippen LogP contribution in [-0.4, -0.2) is 22.1 Å². The van der Waals surface area contributed by atoms with Crippen LogP contribution < -0.4 is 0 Å². The lowest BCUT2D eigenvalue weighted by Gasteiger charge is -1.96. The number of allylic oxidation sites excluding steroid dienone is 2. The first-order valence-electron chi connectivity index (χ1n) is 6.51. The van der Waals surface area contributed by atoms with Gasteiger partial charge in [0.15, 0.2) is 5.78 Å². The predicted octanol–water partition coefficient (Wildman–Crippen LogP) is 3.54. The Bertz CT molecular complexity index is 516. The first-order valence-corrected chi connectivity index (χ1v) is 7.33. The highest BCUT2D eigenvalue weighted by Crippen LogP contribution is 2.30. The van der Waals surface area contributed by atoms with Crippen LogP contribution in [0.3, 0.4) is 0 Å².